The van der Waals surface area contributed by atoms with Crippen molar-refractivity contribution in [2.45, 2.75) is 32.5 Å². The lowest BCUT2D eigenvalue weighted by Gasteiger charge is -2.19. The molecule has 0 spiro atoms. The van der Waals surface area contributed by atoms with Gasteiger partial charge in [0.2, 0.25) is 0 Å². The summed E-state index contributed by atoms with van der Waals surface area (Å²) in [6, 6.07) is 3.71. The van der Waals surface area contributed by atoms with Crippen molar-refractivity contribution in [1.29, 1.82) is 0 Å². The van der Waals surface area contributed by atoms with Gasteiger partial charge in [0, 0.05) is 11.9 Å². The lowest BCUT2D eigenvalue weighted by atomic mass is 10.1. The highest BCUT2D eigenvalue weighted by Gasteiger charge is 2.32. The highest BCUT2D eigenvalue weighted by Crippen LogP contribution is 2.28. The van der Waals surface area contributed by atoms with Crippen LogP contribution < -0.4 is 5.32 Å². The van der Waals surface area contributed by atoms with Crippen LogP contribution >= 0.6 is 11.6 Å². The van der Waals surface area contributed by atoms with Crippen LogP contribution in [0.3, 0.4) is 0 Å². The second kappa shape index (κ2) is 6.27. The Balaban J connectivity index is 2.78. The van der Waals surface area contributed by atoms with Crippen molar-refractivity contribution >= 4 is 17.4 Å². The van der Waals surface area contributed by atoms with Crippen LogP contribution in [0.1, 0.15) is 26.0 Å². The predicted octanol–water partition coefficient (Wildman–Crippen LogP) is 4.17. The first-order chi connectivity index (χ1) is 8.32. The molecule has 0 bridgehead atoms. The average Bonchev–Trinajstić information content (AvgIpc) is 2.26. The zero-order valence-electron chi connectivity index (χ0n) is 10.3. The van der Waals surface area contributed by atoms with E-state index in [-0.39, 0.29) is 11.9 Å². The van der Waals surface area contributed by atoms with E-state index in [0.29, 0.717) is 11.8 Å². The Morgan fingerprint density at radius 2 is 2.00 bits per heavy atom. The maximum atomic E-state index is 12.5. The molecule has 0 fully saturated rings. The topological polar surface area (TPSA) is 24.9 Å². The van der Waals surface area contributed by atoms with Crippen molar-refractivity contribution < 1.29 is 13.2 Å². The summed E-state index contributed by atoms with van der Waals surface area (Å²) >= 11 is 5.78. The lowest BCUT2D eigenvalue weighted by Crippen LogP contribution is -2.24. The fraction of sp³-hybridized carbons (Fsp3) is 0.583. The number of aromatic nitrogens is 1. The highest BCUT2D eigenvalue weighted by atomic mass is 35.5. The van der Waals surface area contributed by atoms with E-state index in [1.165, 1.54) is 12.1 Å². The summed E-state index contributed by atoms with van der Waals surface area (Å²) in [5, 5.41) is 2.93. The van der Waals surface area contributed by atoms with Crippen LogP contribution in [0.5, 0.6) is 0 Å². The van der Waals surface area contributed by atoms with Gasteiger partial charge in [0.05, 0.1) is 0 Å². The van der Waals surface area contributed by atoms with Crippen LogP contribution in [-0.4, -0.2) is 16.9 Å². The fourth-order valence-electron chi connectivity index (χ4n) is 1.61. The molecular formula is C12H16ClF3N2. The van der Waals surface area contributed by atoms with Gasteiger partial charge < -0.3 is 5.32 Å². The Morgan fingerprint density at radius 1 is 1.33 bits per heavy atom. The molecule has 0 radical (unpaired) electrons. The van der Waals surface area contributed by atoms with E-state index >= 15 is 0 Å². The first-order valence-electron chi connectivity index (χ1n) is 5.69. The number of alkyl halides is 4. The summed E-state index contributed by atoms with van der Waals surface area (Å²) in [6.07, 6.45) is -3.65. The molecular weight excluding hydrogens is 265 g/mol. The molecule has 1 heterocycles. The van der Waals surface area contributed by atoms with E-state index in [9.17, 15) is 13.2 Å². The molecule has 6 heteroatoms. The van der Waals surface area contributed by atoms with Gasteiger partial charge in [-0.25, -0.2) is 4.98 Å². The van der Waals surface area contributed by atoms with E-state index in [1.807, 2.05) is 13.8 Å². The van der Waals surface area contributed by atoms with Crippen molar-refractivity contribution in [3.63, 3.8) is 0 Å². The Morgan fingerprint density at radius 3 is 2.50 bits per heavy atom. The number of rotatable bonds is 5. The molecule has 1 N–H and O–H groups in total. The summed E-state index contributed by atoms with van der Waals surface area (Å²) in [5.74, 6) is 0.944. The van der Waals surface area contributed by atoms with Gasteiger partial charge in [-0.3, -0.25) is 0 Å². The van der Waals surface area contributed by atoms with Crippen LogP contribution in [-0.2, 0) is 6.18 Å². The van der Waals surface area contributed by atoms with E-state index in [1.54, 1.807) is 0 Å². The van der Waals surface area contributed by atoms with E-state index in [4.69, 9.17) is 11.6 Å². The highest BCUT2D eigenvalue weighted by molar-refractivity contribution is 6.18. The SMILES string of the molecule is CC(C)CC(CCl)Nc1cccc(C(F)(F)F)n1. The van der Waals surface area contributed by atoms with Gasteiger partial charge >= 0.3 is 6.18 Å². The monoisotopic (exact) mass is 280 g/mol. The minimum absolute atomic E-state index is 0.0809. The summed E-state index contributed by atoms with van der Waals surface area (Å²) in [7, 11) is 0. The molecule has 0 amide bonds. The van der Waals surface area contributed by atoms with E-state index < -0.39 is 11.9 Å². The fourth-order valence-corrected chi connectivity index (χ4v) is 1.81. The van der Waals surface area contributed by atoms with Gasteiger partial charge in [-0.1, -0.05) is 19.9 Å². The molecule has 18 heavy (non-hydrogen) atoms. The van der Waals surface area contributed by atoms with Gasteiger partial charge in [-0.2, -0.15) is 13.2 Å². The molecule has 2 nitrogen and oxygen atoms in total. The Kier molecular flexibility index (Phi) is 5.26. The summed E-state index contributed by atoms with van der Waals surface area (Å²) in [6.45, 7) is 4.06. The van der Waals surface area contributed by atoms with Crippen molar-refractivity contribution in [1.82, 2.24) is 4.98 Å². The molecule has 1 aromatic rings. The van der Waals surface area contributed by atoms with Crippen LogP contribution in [0, 0.1) is 5.92 Å². The van der Waals surface area contributed by atoms with Crippen molar-refractivity contribution in [2.75, 3.05) is 11.2 Å². The average molecular weight is 281 g/mol. The van der Waals surface area contributed by atoms with Crippen LogP contribution in [0.25, 0.3) is 0 Å². The molecule has 0 saturated heterocycles. The van der Waals surface area contributed by atoms with Gasteiger partial charge in [-0.05, 0) is 24.5 Å². The minimum Gasteiger partial charge on any atom is -0.366 e. The summed E-state index contributed by atoms with van der Waals surface area (Å²) < 4.78 is 37.4. The smallest absolute Gasteiger partial charge is 0.366 e. The third-order valence-corrected chi connectivity index (χ3v) is 2.71. The number of anilines is 1. The second-order valence-corrected chi connectivity index (χ2v) is 4.84. The van der Waals surface area contributed by atoms with Gasteiger partial charge in [0.15, 0.2) is 0 Å². The molecule has 1 rings (SSSR count). The Bertz CT molecular complexity index is 380. The molecule has 0 aliphatic rings. The van der Waals surface area contributed by atoms with Crippen LogP contribution in [0.15, 0.2) is 18.2 Å². The standard InChI is InChI=1S/C12H16ClF3N2/c1-8(2)6-9(7-13)17-11-5-3-4-10(18-11)12(14,15)16/h3-5,8-9H,6-7H2,1-2H3,(H,17,18). The zero-order chi connectivity index (χ0) is 13.8. The molecule has 0 aliphatic carbocycles. The molecule has 0 aliphatic heterocycles. The van der Waals surface area contributed by atoms with Crippen molar-refractivity contribution in [3.05, 3.63) is 23.9 Å². The molecule has 1 atom stereocenters. The molecule has 0 aromatic carbocycles. The second-order valence-electron chi connectivity index (χ2n) is 4.53. The van der Waals surface area contributed by atoms with Crippen LogP contribution in [0.4, 0.5) is 19.0 Å². The van der Waals surface area contributed by atoms with E-state index in [0.717, 1.165) is 12.5 Å². The number of hydrogen-bond acceptors (Lipinski definition) is 2. The molecule has 1 unspecified atom stereocenters. The quantitative estimate of drug-likeness (QED) is 0.819. The summed E-state index contributed by atoms with van der Waals surface area (Å²) in [5.41, 5.74) is -0.898. The van der Waals surface area contributed by atoms with Gasteiger partial charge in [0.25, 0.3) is 0 Å². The lowest BCUT2D eigenvalue weighted by molar-refractivity contribution is -0.141. The number of pyridine rings is 1. The van der Waals surface area contributed by atoms with Gasteiger partial charge in [-0.15, -0.1) is 11.6 Å². The molecule has 1 aromatic heterocycles. The largest absolute Gasteiger partial charge is 0.433 e. The minimum atomic E-state index is -4.42. The number of nitrogens with zero attached hydrogens (tertiary/aromatic N) is 1. The first-order valence-corrected chi connectivity index (χ1v) is 6.23. The van der Waals surface area contributed by atoms with E-state index in [2.05, 4.69) is 10.3 Å². The maximum Gasteiger partial charge on any atom is 0.433 e. The maximum absolute atomic E-state index is 12.5. The van der Waals surface area contributed by atoms with Gasteiger partial charge in [0.1, 0.15) is 11.5 Å². The number of hydrogen-bond donors (Lipinski definition) is 1. The zero-order valence-corrected chi connectivity index (χ0v) is 11.0. The van der Waals surface area contributed by atoms with Crippen molar-refractivity contribution in [2.24, 2.45) is 5.92 Å². The third-order valence-electron chi connectivity index (χ3n) is 2.33. The third kappa shape index (κ3) is 4.72. The number of nitrogens with one attached hydrogen (secondary N) is 1. The molecule has 0 saturated carbocycles. The first kappa shape index (κ1) is 15.1. The Hall–Kier alpha value is -0.970. The Labute approximate surface area is 110 Å². The van der Waals surface area contributed by atoms with Crippen molar-refractivity contribution in [3.8, 4) is 0 Å². The molecule has 102 valence electrons. The number of halogens is 4. The summed E-state index contributed by atoms with van der Waals surface area (Å²) in [4.78, 5) is 3.54. The van der Waals surface area contributed by atoms with Crippen LogP contribution in [0.2, 0.25) is 0 Å². The normalized spacial score (nSPS) is 13.7. The predicted molar refractivity (Wildman–Crippen MR) is 66.8 cm³/mol.